The molecular formula is C18H14F2N2O3. The summed E-state index contributed by atoms with van der Waals surface area (Å²) in [6.07, 6.45) is 1.39. The third kappa shape index (κ3) is 3.82. The van der Waals surface area contributed by atoms with Gasteiger partial charge in [-0.2, -0.15) is 13.9 Å². The highest BCUT2D eigenvalue weighted by atomic mass is 19.3. The predicted octanol–water partition coefficient (Wildman–Crippen LogP) is 4.11. The number of halogens is 2. The quantitative estimate of drug-likeness (QED) is 0.560. The van der Waals surface area contributed by atoms with Gasteiger partial charge in [0.15, 0.2) is 5.76 Å². The van der Waals surface area contributed by atoms with Crippen LogP contribution in [0.2, 0.25) is 0 Å². The molecule has 3 rings (SSSR count). The molecule has 0 aliphatic carbocycles. The molecule has 0 aliphatic rings. The summed E-state index contributed by atoms with van der Waals surface area (Å²) in [5, 5.41) is 4.71. The minimum Gasteiger partial charge on any atom is -0.451 e. The fourth-order valence-corrected chi connectivity index (χ4v) is 2.34. The highest BCUT2D eigenvalue weighted by molar-refractivity contribution is 5.99. The van der Waals surface area contributed by atoms with Crippen molar-refractivity contribution in [1.82, 2.24) is 5.43 Å². The summed E-state index contributed by atoms with van der Waals surface area (Å²) in [5.41, 5.74) is 4.36. The van der Waals surface area contributed by atoms with Gasteiger partial charge in [-0.05, 0) is 42.8 Å². The molecular weight excluding hydrogens is 330 g/mol. The number of fused-ring (bicyclic) bond motifs is 1. The Morgan fingerprint density at radius 3 is 2.60 bits per heavy atom. The van der Waals surface area contributed by atoms with E-state index in [1.165, 1.54) is 18.3 Å². The van der Waals surface area contributed by atoms with E-state index in [-0.39, 0.29) is 11.5 Å². The molecule has 7 heteroatoms. The first-order valence-corrected chi connectivity index (χ1v) is 7.41. The number of hydrazone groups is 1. The number of nitrogens with one attached hydrogen (secondary N) is 1. The fourth-order valence-electron chi connectivity index (χ4n) is 2.34. The third-order valence-corrected chi connectivity index (χ3v) is 3.53. The van der Waals surface area contributed by atoms with Gasteiger partial charge in [0.25, 0.3) is 0 Å². The maximum atomic E-state index is 12.2. The number of aryl methyl sites for hydroxylation is 1. The maximum absolute atomic E-state index is 12.2. The summed E-state index contributed by atoms with van der Waals surface area (Å²) in [7, 11) is 0. The lowest BCUT2D eigenvalue weighted by Gasteiger charge is -2.03. The zero-order valence-electron chi connectivity index (χ0n) is 13.2. The molecule has 0 atom stereocenters. The van der Waals surface area contributed by atoms with Gasteiger partial charge in [-0.25, -0.2) is 5.43 Å². The Morgan fingerprint density at radius 2 is 1.92 bits per heavy atom. The van der Waals surface area contributed by atoms with Crippen LogP contribution in [0.3, 0.4) is 0 Å². The Balaban J connectivity index is 1.67. The summed E-state index contributed by atoms with van der Waals surface area (Å²) in [5.74, 6) is -0.226. The Labute approximate surface area is 141 Å². The summed E-state index contributed by atoms with van der Waals surface area (Å²) in [6, 6.07) is 13.2. The standard InChI is InChI=1S/C18H14F2N2O3/c1-11-14-4-2-3-5-15(14)25-16(11)17(23)22-21-10-12-6-8-13(9-7-12)24-18(19)20/h2-10,18H,1H3,(H,22,23)/b21-10-. The molecule has 1 amide bonds. The number of rotatable bonds is 5. The molecule has 0 saturated heterocycles. The van der Waals surface area contributed by atoms with Gasteiger partial charge in [-0.15, -0.1) is 0 Å². The topological polar surface area (TPSA) is 63.8 Å². The van der Waals surface area contributed by atoms with Gasteiger partial charge in [-0.3, -0.25) is 4.79 Å². The van der Waals surface area contributed by atoms with E-state index in [9.17, 15) is 13.6 Å². The molecule has 0 saturated carbocycles. The smallest absolute Gasteiger partial charge is 0.387 e. The van der Waals surface area contributed by atoms with E-state index in [4.69, 9.17) is 4.42 Å². The number of nitrogens with zero attached hydrogens (tertiary/aromatic N) is 1. The van der Waals surface area contributed by atoms with Crippen molar-refractivity contribution in [1.29, 1.82) is 0 Å². The number of benzene rings is 2. The van der Waals surface area contributed by atoms with Crippen molar-refractivity contribution >= 4 is 23.1 Å². The second kappa shape index (κ2) is 7.12. The maximum Gasteiger partial charge on any atom is 0.387 e. The van der Waals surface area contributed by atoms with Crippen LogP contribution in [0.25, 0.3) is 11.0 Å². The monoisotopic (exact) mass is 344 g/mol. The van der Waals surface area contributed by atoms with E-state index < -0.39 is 12.5 Å². The fraction of sp³-hybridized carbons (Fsp3) is 0.111. The lowest BCUT2D eigenvalue weighted by atomic mass is 10.1. The average Bonchev–Trinajstić information content (AvgIpc) is 2.93. The van der Waals surface area contributed by atoms with Crippen LogP contribution >= 0.6 is 0 Å². The van der Waals surface area contributed by atoms with Gasteiger partial charge in [0.2, 0.25) is 0 Å². The van der Waals surface area contributed by atoms with E-state index in [0.717, 1.165) is 10.9 Å². The molecule has 0 radical (unpaired) electrons. The Hall–Kier alpha value is -3.22. The lowest BCUT2D eigenvalue weighted by molar-refractivity contribution is -0.0498. The van der Waals surface area contributed by atoms with Crippen LogP contribution in [0.5, 0.6) is 5.75 Å². The van der Waals surface area contributed by atoms with Crippen LogP contribution in [0.1, 0.15) is 21.7 Å². The molecule has 5 nitrogen and oxygen atoms in total. The number of ether oxygens (including phenoxy) is 1. The molecule has 0 bridgehead atoms. The zero-order valence-corrected chi connectivity index (χ0v) is 13.2. The molecule has 2 aromatic carbocycles. The zero-order chi connectivity index (χ0) is 17.8. The van der Waals surface area contributed by atoms with E-state index in [0.29, 0.717) is 11.1 Å². The number of carbonyl (C=O) groups excluding carboxylic acids is 1. The third-order valence-electron chi connectivity index (χ3n) is 3.53. The van der Waals surface area contributed by atoms with Crippen LogP contribution in [-0.4, -0.2) is 18.7 Å². The highest BCUT2D eigenvalue weighted by Gasteiger charge is 2.16. The van der Waals surface area contributed by atoms with Crippen LogP contribution in [0, 0.1) is 6.92 Å². The van der Waals surface area contributed by atoms with Crippen LogP contribution in [-0.2, 0) is 0 Å². The van der Waals surface area contributed by atoms with Gasteiger partial charge in [0.1, 0.15) is 11.3 Å². The molecule has 128 valence electrons. The molecule has 0 spiro atoms. The van der Waals surface area contributed by atoms with Gasteiger partial charge < -0.3 is 9.15 Å². The second-order valence-corrected chi connectivity index (χ2v) is 5.20. The van der Waals surface area contributed by atoms with Crippen molar-refractivity contribution in [2.75, 3.05) is 0 Å². The first kappa shape index (κ1) is 16.6. The van der Waals surface area contributed by atoms with Crippen molar-refractivity contribution in [3.8, 4) is 5.75 Å². The van der Waals surface area contributed by atoms with Crippen LogP contribution in [0.4, 0.5) is 8.78 Å². The van der Waals surface area contributed by atoms with Gasteiger partial charge in [0, 0.05) is 10.9 Å². The average molecular weight is 344 g/mol. The molecule has 0 unspecified atom stereocenters. The number of alkyl halides is 2. The number of amides is 1. The first-order valence-electron chi connectivity index (χ1n) is 7.41. The molecule has 25 heavy (non-hydrogen) atoms. The second-order valence-electron chi connectivity index (χ2n) is 5.20. The summed E-state index contributed by atoms with van der Waals surface area (Å²) >= 11 is 0. The van der Waals surface area contributed by atoms with Crippen molar-refractivity contribution in [2.45, 2.75) is 13.5 Å². The van der Waals surface area contributed by atoms with Crippen molar-refractivity contribution in [3.05, 3.63) is 65.4 Å². The Bertz CT molecular complexity index is 918. The van der Waals surface area contributed by atoms with E-state index in [2.05, 4.69) is 15.3 Å². The molecule has 1 aromatic heterocycles. The number of para-hydroxylation sites is 1. The lowest BCUT2D eigenvalue weighted by Crippen LogP contribution is -2.17. The number of carbonyl (C=O) groups is 1. The molecule has 3 aromatic rings. The van der Waals surface area contributed by atoms with Gasteiger partial charge in [-0.1, -0.05) is 18.2 Å². The number of hydrogen-bond donors (Lipinski definition) is 1. The van der Waals surface area contributed by atoms with Gasteiger partial charge >= 0.3 is 12.5 Å². The Kier molecular flexibility index (Phi) is 4.74. The normalized spacial score (nSPS) is 11.4. The van der Waals surface area contributed by atoms with Gasteiger partial charge in [0.05, 0.1) is 6.21 Å². The van der Waals surface area contributed by atoms with Crippen molar-refractivity contribution in [2.24, 2.45) is 5.10 Å². The van der Waals surface area contributed by atoms with Crippen molar-refractivity contribution < 1.29 is 22.7 Å². The molecule has 0 fully saturated rings. The van der Waals surface area contributed by atoms with Crippen molar-refractivity contribution in [3.63, 3.8) is 0 Å². The predicted molar refractivity (Wildman–Crippen MR) is 89.1 cm³/mol. The number of hydrogen-bond acceptors (Lipinski definition) is 4. The first-order chi connectivity index (χ1) is 12.0. The highest BCUT2D eigenvalue weighted by Crippen LogP contribution is 2.24. The summed E-state index contributed by atoms with van der Waals surface area (Å²) in [4.78, 5) is 12.2. The summed E-state index contributed by atoms with van der Waals surface area (Å²) in [6.45, 7) is -1.07. The summed E-state index contributed by atoms with van der Waals surface area (Å²) < 4.78 is 34.0. The molecule has 1 N–H and O–H groups in total. The van der Waals surface area contributed by atoms with Crippen LogP contribution in [0.15, 0.2) is 58.0 Å². The van der Waals surface area contributed by atoms with E-state index >= 15 is 0 Å². The Morgan fingerprint density at radius 1 is 1.20 bits per heavy atom. The van der Waals surface area contributed by atoms with E-state index in [1.807, 2.05) is 18.2 Å². The minimum atomic E-state index is -2.87. The number of furan rings is 1. The van der Waals surface area contributed by atoms with E-state index in [1.54, 1.807) is 25.1 Å². The largest absolute Gasteiger partial charge is 0.451 e. The minimum absolute atomic E-state index is 0.0501. The molecule has 0 aliphatic heterocycles. The SMILES string of the molecule is Cc1c(C(=O)N/N=C\c2ccc(OC(F)F)cc2)oc2ccccc12. The molecule has 1 heterocycles. The van der Waals surface area contributed by atoms with Crippen LogP contribution < -0.4 is 10.2 Å².